The molecule has 1 saturated heterocycles. The van der Waals surface area contributed by atoms with Crippen LogP contribution >= 0.6 is 0 Å². The Kier molecular flexibility index (Phi) is 6.52. The summed E-state index contributed by atoms with van der Waals surface area (Å²) >= 11 is 0. The van der Waals surface area contributed by atoms with Crippen molar-refractivity contribution in [2.24, 2.45) is 0 Å². The summed E-state index contributed by atoms with van der Waals surface area (Å²) in [5, 5.41) is 12.6. The van der Waals surface area contributed by atoms with E-state index in [0.29, 0.717) is 12.6 Å². The van der Waals surface area contributed by atoms with Crippen LogP contribution in [0.5, 0.6) is 0 Å². The van der Waals surface area contributed by atoms with E-state index in [1.165, 1.54) is 36.1 Å². The zero-order valence-electron chi connectivity index (χ0n) is 13.6. The molecular formula is C18H30N2O. The van der Waals surface area contributed by atoms with Gasteiger partial charge in [-0.25, -0.2) is 0 Å². The van der Waals surface area contributed by atoms with E-state index >= 15 is 0 Å². The quantitative estimate of drug-likeness (QED) is 0.722. The first kappa shape index (κ1) is 16.3. The van der Waals surface area contributed by atoms with Crippen molar-refractivity contribution in [3.8, 4) is 0 Å². The molecule has 1 aromatic rings. The lowest BCUT2D eigenvalue weighted by Crippen LogP contribution is -2.31. The molecule has 1 aromatic carbocycles. The summed E-state index contributed by atoms with van der Waals surface area (Å²) in [5.41, 5.74) is 4.14. The summed E-state index contributed by atoms with van der Waals surface area (Å²) < 4.78 is 0. The summed E-state index contributed by atoms with van der Waals surface area (Å²) in [6.07, 6.45) is 5.72. The Morgan fingerprint density at radius 1 is 1.38 bits per heavy atom. The number of aliphatic hydroxyl groups excluding tert-OH is 1. The molecule has 1 heterocycles. The third-order valence-electron chi connectivity index (χ3n) is 4.36. The van der Waals surface area contributed by atoms with E-state index in [1.807, 2.05) is 0 Å². The molecule has 2 rings (SSSR count). The molecule has 3 heteroatoms. The van der Waals surface area contributed by atoms with E-state index in [1.54, 1.807) is 0 Å². The Bertz CT molecular complexity index is 433. The van der Waals surface area contributed by atoms with Gasteiger partial charge in [-0.2, -0.15) is 0 Å². The molecule has 0 amide bonds. The third kappa shape index (κ3) is 4.45. The number of nitrogens with zero attached hydrogens (tertiary/aromatic N) is 1. The number of aliphatic hydroxyl groups is 1. The fourth-order valence-electron chi connectivity index (χ4n) is 3.32. The summed E-state index contributed by atoms with van der Waals surface area (Å²) in [6.45, 7) is 7.86. The van der Waals surface area contributed by atoms with E-state index in [0.717, 1.165) is 32.5 Å². The van der Waals surface area contributed by atoms with Crippen LogP contribution < -0.4 is 10.2 Å². The lowest BCUT2D eigenvalue weighted by Gasteiger charge is -2.29. The predicted molar refractivity (Wildman–Crippen MR) is 89.9 cm³/mol. The average molecular weight is 290 g/mol. The summed E-state index contributed by atoms with van der Waals surface area (Å²) in [5.74, 6) is 0. The average Bonchev–Trinajstić information content (AvgIpc) is 2.94. The first-order valence-corrected chi connectivity index (χ1v) is 8.44. The summed E-state index contributed by atoms with van der Waals surface area (Å²) in [7, 11) is 0. The van der Waals surface area contributed by atoms with Gasteiger partial charge in [-0.15, -0.1) is 0 Å². The van der Waals surface area contributed by atoms with Crippen molar-refractivity contribution < 1.29 is 5.11 Å². The Labute approximate surface area is 129 Å². The van der Waals surface area contributed by atoms with E-state index < -0.39 is 0 Å². The van der Waals surface area contributed by atoms with Crippen molar-refractivity contribution in [3.63, 3.8) is 0 Å². The van der Waals surface area contributed by atoms with Crippen molar-refractivity contribution in [2.45, 2.75) is 58.5 Å². The first-order valence-electron chi connectivity index (χ1n) is 8.44. The van der Waals surface area contributed by atoms with E-state index in [2.05, 4.69) is 42.3 Å². The van der Waals surface area contributed by atoms with Gasteiger partial charge in [0.05, 0.1) is 0 Å². The van der Waals surface area contributed by atoms with Gasteiger partial charge >= 0.3 is 0 Å². The monoisotopic (exact) mass is 290 g/mol. The minimum Gasteiger partial charge on any atom is -0.396 e. The van der Waals surface area contributed by atoms with Crippen molar-refractivity contribution in [1.82, 2.24) is 5.32 Å². The molecule has 0 aliphatic carbocycles. The Hall–Kier alpha value is -1.06. The van der Waals surface area contributed by atoms with Gasteiger partial charge in [0, 0.05) is 31.4 Å². The van der Waals surface area contributed by atoms with Gasteiger partial charge in [0.25, 0.3) is 0 Å². The lowest BCUT2D eigenvalue weighted by molar-refractivity contribution is 0.279. The van der Waals surface area contributed by atoms with E-state index in [-0.39, 0.29) is 0 Å². The van der Waals surface area contributed by atoms with Crippen LogP contribution in [0.15, 0.2) is 18.2 Å². The number of hydrogen-bond donors (Lipinski definition) is 2. The minimum absolute atomic E-state index is 0.309. The van der Waals surface area contributed by atoms with Crippen LogP contribution in [0.3, 0.4) is 0 Å². The van der Waals surface area contributed by atoms with Crippen LogP contribution in [0.4, 0.5) is 5.69 Å². The number of anilines is 1. The first-order chi connectivity index (χ1) is 10.3. The summed E-state index contributed by atoms with van der Waals surface area (Å²) in [4.78, 5) is 2.57. The second-order valence-electron chi connectivity index (χ2n) is 6.16. The zero-order valence-corrected chi connectivity index (χ0v) is 13.6. The SMILES string of the molecule is CCCNCc1cc(C)ccc1N1CCCC1CCCO. The summed E-state index contributed by atoms with van der Waals surface area (Å²) in [6, 6.07) is 7.43. The molecule has 0 saturated carbocycles. The number of rotatable bonds is 8. The van der Waals surface area contributed by atoms with E-state index in [9.17, 15) is 0 Å². The van der Waals surface area contributed by atoms with Gasteiger partial charge in [-0.1, -0.05) is 24.6 Å². The van der Waals surface area contributed by atoms with Crippen molar-refractivity contribution in [1.29, 1.82) is 0 Å². The van der Waals surface area contributed by atoms with Crippen LogP contribution in [-0.2, 0) is 6.54 Å². The number of benzene rings is 1. The zero-order chi connectivity index (χ0) is 15.1. The van der Waals surface area contributed by atoms with Crippen LogP contribution in [0.2, 0.25) is 0 Å². The molecule has 0 aromatic heterocycles. The van der Waals surface area contributed by atoms with E-state index in [4.69, 9.17) is 5.11 Å². The molecule has 1 fully saturated rings. The van der Waals surface area contributed by atoms with Gasteiger partial charge < -0.3 is 15.3 Å². The highest BCUT2D eigenvalue weighted by Crippen LogP contribution is 2.31. The normalized spacial score (nSPS) is 18.4. The molecule has 0 radical (unpaired) electrons. The number of aryl methyl sites for hydroxylation is 1. The van der Waals surface area contributed by atoms with Crippen LogP contribution in [-0.4, -0.2) is 30.8 Å². The molecule has 0 spiro atoms. The fraction of sp³-hybridized carbons (Fsp3) is 0.667. The molecular weight excluding hydrogens is 260 g/mol. The van der Waals surface area contributed by atoms with Gasteiger partial charge in [-0.3, -0.25) is 0 Å². The smallest absolute Gasteiger partial charge is 0.0431 e. The predicted octanol–water partition coefficient (Wildman–Crippen LogP) is 3.24. The Balaban J connectivity index is 2.13. The van der Waals surface area contributed by atoms with Crippen molar-refractivity contribution in [2.75, 3.05) is 24.6 Å². The van der Waals surface area contributed by atoms with Gasteiger partial charge in [-0.05, 0) is 57.2 Å². The highest BCUT2D eigenvalue weighted by molar-refractivity contribution is 5.56. The van der Waals surface area contributed by atoms with Crippen LogP contribution in [0.25, 0.3) is 0 Å². The number of nitrogens with one attached hydrogen (secondary N) is 1. The van der Waals surface area contributed by atoms with Crippen molar-refractivity contribution in [3.05, 3.63) is 29.3 Å². The number of hydrogen-bond acceptors (Lipinski definition) is 3. The second-order valence-corrected chi connectivity index (χ2v) is 6.16. The molecule has 1 aliphatic heterocycles. The molecule has 3 nitrogen and oxygen atoms in total. The van der Waals surface area contributed by atoms with Gasteiger partial charge in [0.15, 0.2) is 0 Å². The molecule has 1 unspecified atom stereocenters. The lowest BCUT2D eigenvalue weighted by atomic mass is 10.0. The molecule has 118 valence electrons. The van der Waals surface area contributed by atoms with Crippen molar-refractivity contribution >= 4 is 5.69 Å². The maximum atomic E-state index is 9.09. The Morgan fingerprint density at radius 2 is 2.24 bits per heavy atom. The maximum Gasteiger partial charge on any atom is 0.0431 e. The highest BCUT2D eigenvalue weighted by atomic mass is 16.2. The van der Waals surface area contributed by atoms with Crippen LogP contribution in [0, 0.1) is 6.92 Å². The minimum atomic E-state index is 0.309. The van der Waals surface area contributed by atoms with Gasteiger partial charge in [0.2, 0.25) is 0 Å². The maximum absolute atomic E-state index is 9.09. The highest BCUT2D eigenvalue weighted by Gasteiger charge is 2.25. The molecule has 1 atom stereocenters. The molecule has 0 bridgehead atoms. The molecule has 1 aliphatic rings. The topological polar surface area (TPSA) is 35.5 Å². The largest absolute Gasteiger partial charge is 0.396 e. The second kappa shape index (κ2) is 8.40. The van der Waals surface area contributed by atoms with Crippen LogP contribution in [0.1, 0.15) is 50.2 Å². The fourth-order valence-corrected chi connectivity index (χ4v) is 3.32. The molecule has 21 heavy (non-hydrogen) atoms. The molecule has 2 N–H and O–H groups in total. The standard InChI is InChI=1S/C18H30N2O/c1-3-10-19-14-16-13-15(2)8-9-18(16)20-11-4-6-17(20)7-5-12-21/h8-9,13,17,19,21H,3-7,10-12,14H2,1-2H3. The third-order valence-corrected chi connectivity index (χ3v) is 4.36. The Morgan fingerprint density at radius 3 is 3.00 bits per heavy atom. The van der Waals surface area contributed by atoms with Gasteiger partial charge in [0.1, 0.15) is 0 Å².